The number of halogens is 2. The van der Waals surface area contributed by atoms with Crippen LogP contribution in [0.2, 0.25) is 5.02 Å². The third kappa shape index (κ3) is 3.23. The fourth-order valence-corrected chi connectivity index (χ4v) is 2.32. The number of nitrogens with one attached hydrogen (secondary N) is 1. The van der Waals surface area contributed by atoms with Gasteiger partial charge in [-0.05, 0) is 65.4 Å². The third-order valence-electron chi connectivity index (χ3n) is 2.53. The van der Waals surface area contributed by atoms with Crippen molar-refractivity contribution in [2.24, 2.45) is 0 Å². The molecule has 0 aliphatic carbocycles. The highest BCUT2D eigenvalue weighted by Crippen LogP contribution is 2.18. The van der Waals surface area contributed by atoms with Gasteiger partial charge in [-0.1, -0.05) is 23.7 Å². The fraction of sp³-hybridized carbons (Fsp3) is 0.0714. The van der Waals surface area contributed by atoms with Crippen molar-refractivity contribution in [3.05, 3.63) is 62.2 Å². The smallest absolute Gasteiger partial charge is 0.255 e. The molecule has 2 rings (SSSR count). The topological polar surface area (TPSA) is 29.1 Å². The van der Waals surface area contributed by atoms with E-state index in [-0.39, 0.29) is 5.91 Å². The van der Waals surface area contributed by atoms with Crippen LogP contribution in [0.5, 0.6) is 0 Å². The Labute approximate surface area is 124 Å². The van der Waals surface area contributed by atoms with Crippen molar-refractivity contribution in [3.8, 4) is 0 Å². The van der Waals surface area contributed by atoms with Gasteiger partial charge in [0.05, 0.1) is 0 Å². The van der Waals surface area contributed by atoms with Gasteiger partial charge in [0.25, 0.3) is 5.91 Å². The Morgan fingerprint density at radius 3 is 2.72 bits per heavy atom. The SMILES string of the molecule is Cc1ccc(Cl)cc1C(=O)Nc1cccc(I)c1. The van der Waals surface area contributed by atoms with Gasteiger partial charge >= 0.3 is 0 Å². The predicted molar refractivity (Wildman–Crippen MR) is 83.3 cm³/mol. The second-order valence-electron chi connectivity index (χ2n) is 3.92. The molecule has 92 valence electrons. The molecule has 0 aliphatic heterocycles. The third-order valence-corrected chi connectivity index (χ3v) is 3.43. The van der Waals surface area contributed by atoms with Crippen molar-refractivity contribution in [3.63, 3.8) is 0 Å². The van der Waals surface area contributed by atoms with E-state index in [1.165, 1.54) is 0 Å². The Kier molecular flexibility index (Phi) is 4.24. The maximum atomic E-state index is 12.1. The molecule has 0 aliphatic rings. The molecule has 0 bridgehead atoms. The molecule has 1 amide bonds. The van der Waals surface area contributed by atoms with Gasteiger partial charge in [0, 0.05) is 19.8 Å². The number of hydrogen-bond donors (Lipinski definition) is 1. The molecule has 2 aromatic carbocycles. The van der Waals surface area contributed by atoms with Crippen molar-refractivity contribution in [1.82, 2.24) is 0 Å². The van der Waals surface area contributed by atoms with Gasteiger partial charge in [0.2, 0.25) is 0 Å². The highest BCUT2D eigenvalue weighted by atomic mass is 127. The lowest BCUT2D eigenvalue weighted by Crippen LogP contribution is -2.13. The molecular formula is C14H11ClINO. The van der Waals surface area contributed by atoms with Crippen LogP contribution in [0, 0.1) is 10.5 Å². The summed E-state index contributed by atoms with van der Waals surface area (Å²) in [6.45, 7) is 1.89. The molecule has 0 radical (unpaired) electrons. The highest BCUT2D eigenvalue weighted by molar-refractivity contribution is 14.1. The Bertz CT molecular complexity index is 598. The Balaban J connectivity index is 2.24. The van der Waals surface area contributed by atoms with Gasteiger partial charge in [0.1, 0.15) is 0 Å². The summed E-state index contributed by atoms with van der Waals surface area (Å²) < 4.78 is 1.08. The monoisotopic (exact) mass is 371 g/mol. The second-order valence-corrected chi connectivity index (χ2v) is 5.61. The van der Waals surface area contributed by atoms with E-state index in [4.69, 9.17) is 11.6 Å². The molecule has 18 heavy (non-hydrogen) atoms. The lowest BCUT2D eigenvalue weighted by molar-refractivity contribution is 0.102. The van der Waals surface area contributed by atoms with Gasteiger partial charge in [-0.15, -0.1) is 0 Å². The largest absolute Gasteiger partial charge is 0.322 e. The maximum Gasteiger partial charge on any atom is 0.255 e. The molecule has 0 heterocycles. The summed E-state index contributed by atoms with van der Waals surface area (Å²) in [5, 5.41) is 3.43. The minimum absolute atomic E-state index is 0.142. The fourth-order valence-electron chi connectivity index (χ4n) is 1.60. The summed E-state index contributed by atoms with van der Waals surface area (Å²) in [5.74, 6) is -0.142. The average molecular weight is 372 g/mol. The van der Waals surface area contributed by atoms with Crippen LogP contribution >= 0.6 is 34.2 Å². The lowest BCUT2D eigenvalue weighted by atomic mass is 10.1. The molecular weight excluding hydrogens is 361 g/mol. The van der Waals surface area contributed by atoms with Crippen molar-refractivity contribution in [2.75, 3.05) is 5.32 Å². The van der Waals surface area contributed by atoms with E-state index in [0.29, 0.717) is 10.6 Å². The van der Waals surface area contributed by atoms with Crippen molar-refractivity contribution in [1.29, 1.82) is 0 Å². The van der Waals surface area contributed by atoms with E-state index in [2.05, 4.69) is 27.9 Å². The normalized spacial score (nSPS) is 10.2. The summed E-state index contributed by atoms with van der Waals surface area (Å²) >= 11 is 8.11. The summed E-state index contributed by atoms with van der Waals surface area (Å²) in [5.41, 5.74) is 2.29. The van der Waals surface area contributed by atoms with Gasteiger partial charge in [-0.2, -0.15) is 0 Å². The van der Waals surface area contributed by atoms with Crippen LogP contribution in [0.4, 0.5) is 5.69 Å². The van der Waals surface area contributed by atoms with Crippen LogP contribution in [0.3, 0.4) is 0 Å². The summed E-state index contributed by atoms with van der Waals surface area (Å²) in [7, 11) is 0. The zero-order valence-corrected chi connectivity index (χ0v) is 12.6. The first-order valence-electron chi connectivity index (χ1n) is 5.39. The van der Waals surface area contributed by atoms with Gasteiger partial charge in [0.15, 0.2) is 0 Å². The second kappa shape index (κ2) is 5.71. The first-order valence-corrected chi connectivity index (χ1v) is 6.85. The molecule has 0 saturated carbocycles. The minimum atomic E-state index is -0.142. The van der Waals surface area contributed by atoms with E-state index in [1.807, 2.05) is 37.3 Å². The molecule has 1 N–H and O–H groups in total. The van der Waals surface area contributed by atoms with Crippen LogP contribution in [0.25, 0.3) is 0 Å². The van der Waals surface area contributed by atoms with Crippen LogP contribution in [-0.2, 0) is 0 Å². The maximum absolute atomic E-state index is 12.1. The Morgan fingerprint density at radius 2 is 2.00 bits per heavy atom. The highest BCUT2D eigenvalue weighted by Gasteiger charge is 2.09. The van der Waals surface area contributed by atoms with E-state index >= 15 is 0 Å². The van der Waals surface area contributed by atoms with E-state index in [9.17, 15) is 4.79 Å². The Morgan fingerprint density at radius 1 is 1.22 bits per heavy atom. The molecule has 0 saturated heterocycles. The van der Waals surface area contributed by atoms with Crippen molar-refractivity contribution >= 4 is 45.8 Å². The number of carbonyl (C=O) groups excluding carboxylic acids is 1. The van der Waals surface area contributed by atoms with Gasteiger partial charge in [-0.3, -0.25) is 4.79 Å². The number of aryl methyl sites for hydroxylation is 1. The number of carbonyl (C=O) groups is 1. The number of amides is 1. The van der Waals surface area contributed by atoms with Gasteiger partial charge < -0.3 is 5.32 Å². The quantitative estimate of drug-likeness (QED) is 0.774. The number of rotatable bonds is 2. The molecule has 0 atom stereocenters. The summed E-state index contributed by atoms with van der Waals surface area (Å²) in [6, 6.07) is 13.0. The lowest BCUT2D eigenvalue weighted by Gasteiger charge is -2.08. The Hall–Kier alpha value is -1.07. The molecule has 2 nitrogen and oxygen atoms in total. The zero-order valence-electron chi connectivity index (χ0n) is 9.71. The van der Waals surface area contributed by atoms with Crippen LogP contribution in [0.15, 0.2) is 42.5 Å². The van der Waals surface area contributed by atoms with E-state index < -0.39 is 0 Å². The number of anilines is 1. The van der Waals surface area contributed by atoms with E-state index in [1.54, 1.807) is 12.1 Å². The first-order chi connectivity index (χ1) is 8.56. The molecule has 0 spiro atoms. The molecule has 4 heteroatoms. The zero-order chi connectivity index (χ0) is 13.1. The van der Waals surface area contributed by atoms with Crippen molar-refractivity contribution in [2.45, 2.75) is 6.92 Å². The molecule has 0 unspecified atom stereocenters. The average Bonchev–Trinajstić information content (AvgIpc) is 2.32. The van der Waals surface area contributed by atoms with Crippen LogP contribution in [-0.4, -0.2) is 5.91 Å². The molecule has 0 aromatic heterocycles. The standard InChI is InChI=1S/C14H11ClINO/c1-9-5-6-10(15)7-13(9)14(18)17-12-4-2-3-11(16)8-12/h2-8H,1H3,(H,17,18). The van der Waals surface area contributed by atoms with Gasteiger partial charge in [-0.25, -0.2) is 0 Å². The molecule has 2 aromatic rings. The minimum Gasteiger partial charge on any atom is -0.322 e. The van der Waals surface area contributed by atoms with E-state index in [0.717, 1.165) is 14.8 Å². The summed E-state index contributed by atoms with van der Waals surface area (Å²) in [4.78, 5) is 12.1. The first kappa shape index (κ1) is 13.4. The van der Waals surface area contributed by atoms with Crippen LogP contribution < -0.4 is 5.32 Å². The van der Waals surface area contributed by atoms with Crippen molar-refractivity contribution < 1.29 is 4.79 Å². The number of hydrogen-bond acceptors (Lipinski definition) is 1. The summed E-state index contributed by atoms with van der Waals surface area (Å²) in [6.07, 6.45) is 0. The van der Waals surface area contributed by atoms with Crippen LogP contribution in [0.1, 0.15) is 15.9 Å². The number of benzene rings is 2. The predicted octanol–water partition coefficient (Wildman–Crippen LogP) is 4.51. The molecule has 0 fully saturated rings.